The zero-order valence-electron chi connectivity index (χ0n) is 28.9. The van der Waals surface area contributed by atoms with E-state index in [9.17, 15) is 4.79 Å². The van der Waals surface area contributed by atoms with Gasteiger partial charge in [-0.05, 0) is 83.0 Å². The fraction of sp³-hybridized carbons (Fsp3) is 0.488. The lowest BCUT2D eigenvalue weighted by atomic mass is 9.52. The van der Waals surface area contributed by atoms with Crippen molar-refractivity contribution < 1.29 is 23.4 Å². The first-order valence-corrected chi connectivity index (χ1v) is 19.4. The summed E-state index contributed by atoms with van der Waals surface area (Å²) < 4.78 is 26.0. The van der Waals surface area contributed by atoms with E-state index in [-0.39, 0.29) is 27.9 Å². The van der Waals surface area contributed by atoms with Gasteiger partial charge in [0.25, 0.3) is 8.32 Å². The first-order valence-electron chi connectivity index (χ1n) is 17.5. The van der Waals surface area contributed by atoms with Crippen LogP contribution in [0, 0.1) is 10.8 Å². The molecule has 250 valence electrons. The van der Waals surface area contributed by atoms with Crippen molar-refractivity contribution in [3.8, 4) is 0 Å². The van der Waals surface area contributed by atoms with Gasteiger partial charge in [-0.2, -0.15) is 0 Å². The van der Waals surface area contributed by atoms with Gasteiger partial charge < -0.3 is 18.6 Å². The molecule has 1 saturated carbocycles. The lowest BCUT2D eigenvalue weighted by molar-refractivity contribution is -0.202. The van der Waals surface area contributed by atoms with E-state index >= 15 is 0 Å². The first kappa shape index (κ1) is 33.9. The van der Waals surface area contributed by atoms with Crippen LogP contribution in [0.3, 0.4) is 0 Å². The first-order chi connectivity index (χ1) is 22.5. The molecule has 1 spiro atoms. The third-order valence-electron chi connectivity index (χ3n) is 11.5. The van der Waals surface area contributed by atoms with Crippen molar-refractivity contribution in [1.82, 2.24) is 0 Å². The zero-order chi connectivity index (χ0) is 33.2. The van der Waals surface area contributed by atoms with Crippen molar-refractivity contribution in [2.75, 3.05) is 19.8 Å². The van der Waals surface area contributed by atoms with E-state index in [1.165, 1.54) is 10.4 Å². The SMILES string of the molecule is CC1=C[C@@](C)(C2(CCO[Si](c3ccccc3)(c3ccccc3)C(C)(C)C)CCC3(CC2)OCCO3)CC[C@@H]1OC(=O)c1ccccc1. The minimum absolute atomic E-state index is 0.00533. The molecule has 1 aliphatic heterocycles. The Balaban J connectivity index is 1.29. The molecule has 3 aliphatic rings. The minimum atomic E-state index is -2.67. The summed E-state index contributed by atoms with van der Waals surface area (Å²) in [7, 11) is -2.67. The molecule has 47 heavy (non-hydrogen) atoms. The van der Waals surface area contributed by atoms with E-state index in [1.54, 1.807) is 0 Å². The maximum absolute atomic E-state index is 13.0. The van der Waals surface area contributed by atoms with Gasteiger partial charge >= 0.3 is 5.97 Å². The molecular weight excluding hydrogens is 601 g/mol. The summed E-state index contributed by atoms with van der Waals surface area (Å²) in [6.07, 6.45) is 8.73. The Labute approximate surface area is 282 Å². The van der Waals surface area contributed by atoms with Gasteiger partial charge in [-0.3, -0.25) is 0 Å². The van der Waals surface area contributed by atoms with Crippen molar-refractivity contribution in [1.29, 1.82) is 0 Å². The number of allylic oxidation sites excluding steroid dienone is 1. The van der Waals surface area contributed by atoms with Crippen molar-refractivity contribution >= 4 is 24.7 Å². The molecule has 3 aromatic rings. The van der Waals surface area contributed by atoms with E-state index in [0.717, 1.165) is 50.5 Å². The highest BCUT2D eigenvalue weighted by Crippen LogP contribution is 2.60. The van der Waals surface area contributed by atoms with E-state index in [0.29, 0.717) is 25.4 Å². The Morgan fingerprint density at radius 3 is 1.85 bits per heavy atom. The molecule has 2 atom stereocenters. The van der Waals surface area contributed by atoms with Gasteiger partial charge in [0.15, 0.2) is 5.79 Å². The molecule has 0 aromatic heterocycles. The summed E-state index contributed by atoms with van der Waals surface area (Å²) in [6, 6.07) is 31.2. The molecule has 3 aromatic carbocycles. The van der Waals surface area contributed by atoms with E-state index in [2.05, 4.69) is 101 Å². The standard InChI is InChI=1S/C41H52O5Si/c1-32-31-39(5,22-21-36(32)46-37(42)33-15-9-6-10-16-33)40(23-25-41(26-24-40)43-29-30-44-41)27-28-45-47(38(2,3)4,34-17-11-7-12-18-34)35-19-13-8-14-20-35/h6-20,31,36H,21-30H2,1-5H3/t36-,39-/m0/s1. The van der Waals surface area contributed by atoms with Gasteiger partial charge in [-0.25, -0.2) is 4.79 Å². The van der Waals surface area contributed by atoms with Crippen LogP contribution < -0.4 is 10.4 Å². The fourth-order valence-electron chi connectivity index (χ4n) is 8.83. The summed E-state index contributed by atoms with van der Waals surface area (Å²) in [6.45, 7) is 13.6. The van der Waals surface area contributed by atoms with Crippen LogP contribution in [0.15, 0.2) is 103 Å². The number of benzene rings is 3. The molecular formula is C41H52O5Si. The van der Waals surface area contributed by atoms with E-state index in [1.807, 2.05) is 30.3 Å². The molecule has 0 bridgehead atoms. The highest BCUT2D eigenvalue weighted by molar-refractivity contribution is 6.99. The summed E-state index contributed by atoms with van der Waals surface area (Å²) in [5, 5.41) is 2.54. The molecule has 0 radical (unpaired) electrons. The Morgan fingerprint density at radius 1 is 0.809 bits per heavy atom. The molecule has 6 heteroatoms. The predicted octanol–water partition coefficient (Wildman–Crippen LogP) is 8.23. The van der Waals surface area contributed by atoms with Crippen LogP contribution >= 0.6 is 0 Å². The quantitative estimate of drug-likeness (QED) is 0.132. The van der Waals surface area contributed by atoms with E-state index < -0.39 is 14.1 Å². The van der Waals surface area contributed by atoms with Crippen molar-refractivity contribution in [3.63, 3.8) is 0 Å². The largest absolute Gasteiger partial charge is 0.454 e. The molecule has 2 fully saturated rings. The molecule has 0 amide bonds. The maximum Gasteiger partial charge on any atom is 0.338 e. The van der Waals surface area contributed by atoms with Crippen LogP contribution in [0.5, 0.6) is 0 Å². The zero-order valence-corrected chi connectivity index (χ0v) is 29.9. The number of hydrogen-bond donors (Lipinski definition) is 0. The number of carbonyl (C=O) groups excluding carboxylic acids is 1. The number of ether oxygens (including phenoxy) is 3. The van der Waals surface area contributed by atoms with E-state index in [4.69, 9.17) is 18.6 Å². The van der Waals surface area contributed by atoms with Crippen LogP contribution in [-0.4, -0.2) is 46.0 Å². The van der Waals surface area contributed by atoms with Gasteiger partial charge in [0.05, 0.1) is 18.8 Å². The highest BCUT2D eigenvalue weighted by Gasteiger charge is 2.55. The second-order valence-corrected chi connectivity index (χ2v) is 19.6. The Kier molecular flexibility index (Phi) is 9.70. The fourth-order valence-corrected chi connectivity index (χ4v) is 13.4. The van der Waals surface area contributed by atoms with Gasteiger partial charge in [-0.15, -0.1) is 0 Å². The van der Waals surface area contributed by atoms with Crippen molar-refractivity contribution in [2.45, 2.75) is 96.5 Å². The van der Waals surface area contributed by atoms with Crippen LogP contribution in [0.4, 0.5) is 0 Å². The van der Waals surface area contributed by atoms with Crippen LogP contribution in [0.1, 0.15) is 89.9 Å². The second-order valence-electron chi connectivity index (χ2n) is 15.3. The van der Waals surface area contributed by atoms with Gasteiger partial charge in [0.2, 0.25) is 0 Å². The topological polar surface area (TPSA) is 54.0 Å². The lowest BCUT2D eigenvalue weighted by Gasteiger charge is -2.55. The van der Waals surface area contributed by atoms with Crippen molar-refractivity contribution in [2.24, 2.45) is 10.8 Å². The average molecular weight is 653 g/mol. The normalized spacial score (nSPS) is 24.1. The van der Waals surface area contributed by atoms with Crippen LogP contribution in [0.25, 0.3) is 0 Å². The maximum atomic E-state index is 13.0. The summed E-state index contributed by atoms with van der Waals surface area (Å²) in [5.74, 6) is -0.699. The number of carbonyl (C=O) groups is 1. The molecule has 0 unspecified atom stereocenters. The third kappa shape index (κ3) is 6.54. The van der Waals surface area contributed by atoms with Crippen LogP contribution in [-0.2, 0) is 18.6 Å². The summed E-state index contributed by atoms with van der Waals surface area (Å²) in [5.41, 5.74) is 1.65. The monoisotopic (exact) mass is 652 g/mol. The molecule has 5 nitrogen and oxygen atoms in total. The lowest BCUT2D eigenvalue weighted by Crippen LogP contribution is -2.66. The number of hydrogen-bond acceptors (Lipinski definition) is 5. The Bertz CT molecular complexity index is 1470. The smallest absolute Gasteiger partial charge is 0.338 e. The highest BCUT2D eigenvalue weighted by atomic mass is 28.4. The third-order valence-corrected chi connectivity index (χ3v) is 16.6. The summed E-state index contributed by atoms with van der Waals surface area (Å²) in [4.78, 5) is 13.0. The van der Waals surface area contributed by atoms with Gasteiger partial charge in [0.1, 0.15) is 6.10 Å². The molecule has 2 aliphatic carbocycles. The minimum Gasteiger partial charge on any atom is -0.454 e. The Hall–Kier alpha value is -3.03. The Morgan fingerprint density at radius 2 is 1.34 bits per heavy atom. The van der Waals surface area contributed by atoms with Crippen molar-refractivity contribution in [3.05, 3.63) is 108 Å². The molecule has 0 N–H and O–H groups in total. The molecule has 1 heterocycles. The predicted molar refractivity (Wildman–Crippen MR) is 190 cm³/mol. The van der Waals surface area contributed by atoms with Crippen LogP contribution in [0.2, 0.25) is 5.04 Å². The molecule has 1 saturated heterocycles. The second kappa shape index (κ2) is 13.5. The van der Waals surface area contributed by atoms with Gasteiger partial charge in [0, 0.05) is 19.4 Å². The average Bonchev–Trinajstić information content (AvgIpc) is 3.54. The number of esters is 1. The van der Waals surface area contributed by atoms with Gasteiger partial charge in [-0.1, -0.05) is 113 Å². The molecule has 6 rings (SSSR count). The summed E-state index contributed by atoms with van der Waals surface area (Å²) >= 11 is 0. The number of rotatable bonds is 9.